The number of nitrogens with zero attached hydrogens (tertiary/aromatic N) is 1. The van der Waals surface area contributed by atoms with E-state index in [4.69, 9.17) is 10.5 Å². The molecule has 0 saturated carbocycles. The smallest absolute Gasteiger partial charge is 0.102 e. The second-order valence-electron chi connectivity index (χ2n) is 2.82. The highest BCUT2D eigenvalue weighted by Gasteiger charge is 2.14. The van der Waals surface area contributed by atoms with Crippen LogP contribution in [0.2, 0.25) is 0 Å². The molecule has 1 rings (SSSR count). The molecule has 1 saturated heterocycles. The zero-order valence-corrected chi connectivity index (χ0v) is 6.63. The van der Waals surface area contributed by atoms with Crippen LogP contribution in [-0.4, -0.2) is 50.5 Å². The molecule has 0 aromatic rings. The summed E-state index contributed by atoms with van der Waals surface area (Å²) >= 11 is 0. The molecule has 0 bridgehead atoms. The number of hydrogen-bond donors (Lipinski definition) is 1. The largest absolute Gasteiger partial charge is 0.378 e. The molecule has 0 radical (unpaired) electrons. The van der Waals surface area contributed by atoms with Crippen molar-refractivity contribution < 1.29 is 9.13 Å². The minimum atomic E-state index is -0.299. The highest BCUT2D eigenvalue weighted by atomic mass is 19.1. The van der Waals surface area contributed by atoms with Gasteiger partial charge in [-0.15, -0.1) is 0 Å². The molecular weight excluding hydrogens is 147 g/mol. The van der Waals surface area contributed by atoms with E-state index in [2.05, 4.69) is 0 Å². The highest BCUT2D eigenvalue weighted by Crippen LogP contribution is 1.97. The van der Waals surface area contributed by atoms with Crippen LogP contribution in [0.15, 0.2) is 0 Å². The molecule has 1 heterocycles. The van der Waals surface area contributed by atoms with Crippen molar-refractivity contribution in [1.29, 1.82) is 0 Å². The lowest BCUT2D eigenvalue weighted by atomic mass is 10.3. The van der Waals surface area contributed by atoms with Gasteiger partial charge in [-0.05, 0) is 0 Å². The number of alkyl halides is 1. The molecule has 0 aliphatic carbocycles. The molecule has 0 aromatic heterocycles. The molecule has 66 valence electrons. The lowest BCUT2D eigenvalue weighted by molar-refractivity contribution is 0.135. The van der Waals surface area contributed by atoms with Crippen LogP contribution in [-0.2, 0) is 4.74 Å². The van der Waals surface area contributed by atoms with Gasteiger partial charge in [0.2, 0.25) is 0 Å². The third kappa shape index (κ3) is 3.14. The molecule has 11 heavy (non-hydrogen) atoms. The second-order valence-corrected chi connectivity index (χ2v) is 2.82. The van der Waals surface area contributed by atoms with Gasteiger partial charge in [0.05, 0.1) is 13.2 Å². The van der Waals surface area contributed by atoms with Crippen LogP contribution in [0.1, 0.15) is 0 Å². The van der Waals surface area contributed by atoms with E-state index in [9.17, 15) is 4.39 Å². The molecule has 4 heteroatoms. The first-order valence-electron chi connectivity index (χ1n) is 3.94. The second kappa shape index (κ2) is 4.64. The first kappa shape index (κ1) is 8.90. The molecule has 0 spiro atoms. The maximum absolute atomic E-state index is 11.9. The highest BCUT2D eigenvalue weighted by molar-refractivity contribution is 4.70. The van der Waals surface area contributed by atoms with Crippen molar-refractivity contribution in [1.82, 2.24) is 4.90 Å². The summed E-state index contributed by atoms with van der Waals surface area (Å²) in [5.41, 5.74) is 5.67. The Morgan fingerprint density at radius 2 is 2.45 bits per heavy atom. The number of ether oxygens (including phenoxy) is 1. The Morgan fingerprint density at radius 3 is 3.18 bits per heavy atom. The summed E-state index contributed by atoms with van der Waals surface area (Å²) in [7, 11) is 0. The maximum Gasteiger partial charge on any atom is 0.102 e. The average Bonchev–Trinajstić information content (AvgIpc) is 2.15. The third-order valence-electron chi connectivity index (χ3n) is 1.78. The fourth-order valence-corrected chi connectivity index (χ4v) is 1.23. The van der Waals surface area contributed by atoms with Crippen molar-refractivity contribution >= 4 is 0 Å². The lowest BCUT2D eigenvalue weighted by Gasteiger charge is -2.18. The molecule has 1 aliphatic rings. The summed E-state index contributed by atoms with van der Waals surface area (Å²) in [5, 5.41) is 0. The van der Waals surface area contributed by atoms with Crippen LogP contribution < -0.4 is 5.73 Å². The average molecular weight is 162 g/mol. The summed E-state index contributed by atoms with van der Waals surface area (Å²) in [5.74, 6) is 0. The van der Waals surface area contributed by atoms with E-state index in [1.165, 1.54) is 0 Å². The molecule has 1 fully saturated rings. The molecule has 3 nitrogen and oxygen atoms in total. The van der Waals surface area contributed by atoms with Gasteiger partial charge in [-0.1, -0.05) is 0 Å². The SMILES string of the molecule is NC1COCCN(CCF)C1. The van der Waals surface area contributed by atoms with Gasteiger partial charge in [0, 0.05) is 25.7 Å². The Bertz CT molecular complexity index is 113. The fraction of sp³-hybridized carbons (Fsp3) is 1.00. The van der Waals surface area contributed by atoms with Crippen molar-refractivity contribution in [2.45, 2.75) is 6.04 Å². The zero-order chi connectivity index (χ0) is 8.10. The van der Waals surface area contributed by atoms with Crippen LogP contribution in [0.4, 0.5) is 4.39 Å². The summed E-state index contributed by atoms with van der Waals surface area (Å²) in [6, 6.07) is 0.0454. The Kier molecular flexibility index (Phi) is 3.76. The Morgan fingerprint density at radius 1 is 1.64 bits per heavy atom. The van der Waals surface area contributed by atoms with E-state index < -0.39 is 0 Å². The van der Waals surface area contributed by atoms with Gasteiger partial charge in [-0.2, -0.15) is 0 Å². The molecule has 0 aromatic carbocycles. The van der Waals surface area contributed by atoms with Crippen LogP contribution in [0, 0.1) is 0 Å². The monoisotopic (exact) mass is 162 g/mol. The van der Waals surface area contributed by atoms with Crippen LogP contribution in [0.25, 0.3) is 0 Å². The quantitative estimate of drug-likeness (QED) is 0.601. The molecule has 2 N–H and O–H groups in total. The van der Waals surface area contributed by atoms with Gasteiger partial charge < -0.3 is 10.5 Å². The van der Waals surface area contributed by atoms with E-state index in [0.29, 0.717) is 19.8 Å². The van der Waals surface area contributed by atoms with Gasteiger partial charge in [0.25, 0.3) is 0 Å². The van der Waals surface area contributed by atoms with Crippen molar-refractivity contribution in [3.8, 4) is 0 Å². The van der Waals surface area contributed by atoms with Gasteiger partial charge in [0.1, 0.15) is 6.67 Å². The maximum atomic E-state index is 11.9. The molecule has 0 amide bonds. The number of halogens is 1. The van der Waals surface area contributed by atoms with Crippen LogP contribution in [0.3, 0.4) is 0 Å². The Balaban J connectivity index is 2.27. The Hall–Kier alpha value is -0.190. The van der Waals surface area contributed by atoms with E-state index >= 15 is 0 Å². The first-order valence-corrected chi connectivity index (χ1v) is 3.94. The number of rotatable bonds is 2. The van der Waals surface area contributed by atoms with Crippen molar-refractivity contribution in [2.75, 3.05) is 39.5 Å². The first-order chi connectivity index (χ1) is 5.33. The van der Waals surface area contributed by atoms with E-state index in [1.807, 2.05) is 4.90 Å². The lowest BCUT2D eigenvalue weighted by Crippen LogP contribution is -2.38. The molecular formula is C7H15FN2O. The summed E-state index contributed by atoms with van der Waals surface area (Å²) < 4.78 is 17.1. The van der Waals surface area contributed by atoms with Crippen LogP contribution >= 0.6 is 0 Å². The van der Waals surface area contributed by atoms with Crippen LogP contribution in [0.5, 0.6) is 0 Å². The van der Waals surface area contributed by atoms with Gasteiger partial charge in [0.15, 0.2) is 0 Å². The zero-order valence-electron chi connectivity index (χ0n) is 6.63. The normalized spacial score (nSPS) is 28.4. The predicted octanol–water partition coefficient (Wildman–Crippen LogP) is -0.385. The predicted molar refractivity (Wildman–Crippen MR) is 41.2 cm³/mol. The van der Waals surface area contributed by atoms with E-state index in [-0.39, 0.29) is 12.7 Å². The van der Waals surface area contributed by atoms with Gasteiger partial charge >= 0.3 is 0 Å². The minimum Gasteiger partial charge on any atom is -0.378 e. The van der Waals surface area contributed by atoms with Gasteiger partial charge in [-0.3, -0.25) is 4.90 Å². The fourth-order valence-electron chi connectivity index (χ4n) is 1.23. The molecule has 1 aliphatic heterocycles. The summed E-state index contributed by atoms with van der Waals surface area (Å²) in [6.07, 6.45) is 0. The van der Waals surface area contributed by atoms with E-state index in [0.717, 1.165) is 13.1 Å². The van der Waals surface area contributed by atoms with E-state index in [1.54, 1.807) is 0 Å². The van der Waals surface area contributed by atoms with Gasteiger partial charge in [-0.25, -0.2) is 4.39 Å². The molecule has 1 atom stereocenters. The minimum absolute atomic E-state index is 0.0454. The third-order valence-corrected chi connectivity index (χ3v) is 1.78. The van der Waals surface area contributed by atoms with Crippen molar-refractivity contribution in [2.24, 2.45) is 5.73 Å². The standard InChI is InChI=1S/C7H15FN2O/c8-1-2-10-3-4-11-6-7(9)5-10/h7H,1-6,9H2. The van der Waals surface area contributed by atoms with Crippen molar-refractivity contribution in [3.05, 3.63) is 0 Å². The topological polar surface area (TPSA) is 38.5 Å². The number of hydrogen-bond acceptors (Lipinski definition) is 3. The van der Waals surface area contributed by atoms with Crippen molar-refractivity contribution in [3.63, 3.8) is 0 Å². The summed E-state index contributed by atoms with van der Waals surface area (Å²) in [4.78, 5) is 2.00. The Labute approximate surface area is 66.3 Å². The molecule has 1 unspecified atom stereocenters. The summed E-state index contributed by atoms with van der Waals surface area (Å²) in [6.45, 7) is 3.02. The number of nitrogens with two attached hydrogens (primary N) is 1.